The van der Waals surface area contributed by atoms with Crippen LogP contribution in [0.5, 0.6) is 5.75 Å². The smallest absolute Gasteiger partial charge is 0.119 e. The third kappa shape index (κ3) is 8.18. The van der Waals surface area contributed by atoms with E-state index in [1.165, 1.54) is 5.56 Å². The van der Waals surface area contributed by atoms with Gasteiger partial charge in [0.15, 0.2) is 0 Å². The fraction of sp³-hybridized carbons (Fsp3) is 0.647. The lowest BCUT2D eigenvalue weighted by Gasteiger charge is -2.11. The third-order valence-electron chi connectivity index (χ3n) is 2.95. The predicted octanol–water partition coefficient (Wildman–Crippen LogP) is 3.63. The fourth-order valence-corrected chi connectivity index (χ4v) is 1.71. The molecule has 0 heterocycles. The molecule has 0 bridgehead atoms. The Morgan fingerprint density at radius 2 is 1.85 bits per heavy atom. The first kappa shape index (κ1) is 17.0. The van der Waals surface area contributed by atoms with Gasteiger partial charge in [-0.3, -0.25) is 0 Å². The van der Waals surface area contributed by atoms with E-state index in [-0.39, 0.29) is 0 Å². The molecule has 0 aromatic heterocycles. The lowest BCUT2D eigenvalue weighted by atomic mass is 10.1. The molecule has 0 saturated heterocycles. The number of nitrogens with one attached hydrogen (secondary N) is 1. The van der Waals surface area contributed by atoms with Crippen LogP contribution < -0.4 is 10.1 Å². The van der Waals surface area contributed by atoms with Gasteiger partial charge in [0.2, 0.25) is 0 Å². The summed E-state index contributed by atoms with van der Waals surface area (Å²) in [5.41, 5.74) is 1.25. The van der Waals surface area contributed by atoms with Crippen LogP contribution in [0.1, 0.15) is 39.7 Å². The largest absolute Gasteiger partial charge is 0.491 e. The number of hydrogen-bond donors (Lipinski definition) is 1. The van der Waals surface area contributed by atoms with Crippen LogP contribution in [0.3, 0.4) is 0 Å². The summed E-state index contributed by atoms with van der Waals surface area (Å²) in [4.78, 5) is 0. The van der Waals surface area contributed by atoms with Gasteiger partial charge >= 0.3 is 0 Å². The Balaban J connectivity index is 2.21. The van der Waals surface area contributed by atoms with Crippen LogP contribution >= 0.6 is 0 Å². The quantitative estimate of drug-likeness (QED) is 0.663. The fourth-order valence-electron chi connectivity index (χ4n) is 1.71. The molecule has 1 aromatic rings. The van der Waals surface area contributed by atoms with E-state index in [9.17, 15) is 0 Å². The molecular weight excluding hydrogens is 250 g/mol. The summed E-state index contributed by atoms with van der Waals surface area (Å²) >= 11 is 0. The SMILES string of the molecule is CC(C)CCOCCOc1cccc(CNC(C)C)c1. The third-order valence-corrected chi connectivity index (χ3v) is 2.95. The van der Waals surface area contributed by atoms with Crippen molar-refractivity contribution in [3.63, 3.8) is 0 Å². The molecule has 0 aliphatic heterocycles. The zero-order valence-electron chi connectivity index (χ0n) is 13.3. The van der Waals surface area contributed by atoms with Crippen molar-refractivity contribution in [1.82, 2.24) is 5.32 Å². The zero-order valence-corrected chi connectivity index (χ0v) is 13.3. The highest BCUT2D eigenvalue weighted by Crippen LogP contribution is 2.13. The maximum atomic E-state index is 5.71. The average Bonchev–Trinajstić information content (AvgIpc) is 2.40. The first-order valence-electron chi connectivity index (χ1n) is 7.60. The summed E-state index contributed by atoms with van der Waals surface area (Å²) < 4.78 is 11.2. The maximum Gasteiger partial charge on any atom is 0.119 e. The molecule has 0 spiro atoms. The molecule has 1 aromatic carbocycles. The monoisotopic (exact) mass is 279 g/mol. The van der Waals surface area contributed by atoms with E-state index >= 15 is 0 Å². The lowest BCUT2D eigenvalue weighted by molar-refractivity contribution is 0.0925. The Hall–Kier alpha value is -1.06. The Labute approximate surface area is 123 Å². The molecule has 20 heavy (non-hydrogen) atoms. The first-order valence-corrected chi connectivity index (χ1v) is 7.60. The van der Waals surface area contributed by atoms with E-state index in [1.807, 2.05) is 12.1 Å². The molecule has 3 heteroatoms. The number of rotatable bonds is 10. The summed E-state index contributed by atoms with van der Waals surface area (Å²) in [7, 11) is 0. The zero-order chi connectivity index (χ0) is 14.8. The Bertz CT molecular complexity index is 364. The summed E-state index contributed by atoms with van der Waals surface area (Å²) in [6, 6.07) is 8.72. The molecule has 3 nitrogen and oxygen atoms in total. The van der Waals surface area contributed by atoms with Crippen molar-refractivity contribution in [3.8, 4) is 5.75 Å². The van der Waals surface area contributed by atoms with Gasteiger partial charge in [-0.1, -0.05) is 39.8 Å². The molecule has 0 fully saturated rings. The van der Waals surface area contributed by atoms with Gasteiger partial charge in [0.05, 0.1) is 6.61 Å². The van der Waals surface area contributed by atoms with Gasteiger partial charge in [-0.2, -0.15) is 0 Å². The van der Waals surface area contributed by atoms with Crippen molar-refractivity contribution < 1.29 is 9.47 Å². The highest BCUT2D eigenvalue weighted by atomic mass is 16.5. The van der Waals surface area contributed by atoms with Crippen LogP contribution in [0.4, 0.5) is 0 Å². The van der Waals surface area contributed by atoms with E-state index in [4.69, 9.17) is 9.47 Å². The minimum atomic E-state index is 0.494. The van der Waals surface area contributed by atoms with Crippen LogP contribution in [0.15, 0.2) is 24.3 Å². The van der Waals surface area contributed by atoms with Gasteiger partial charge in [-0.05, 0) is 30.0 Å². The van der Waals surface area contributed by atoms with Gasteiger partial charge in [-0.25, -0.2) is 0 Å². The summed E-state index contributed by atoms with van der Waals surface area (Å²) in [5.74, 6) is 1.61. The molecule has 0 amide bonds. The van der Waals surface area contributed by atoms with Crippen molar-refractivity contribution in [2.75, 3.05) is 19.8 Å². The molecule has 1 rings (SSSR count). The van der Waals surface area contributed by atoms with E-state index in [1.54, 1.807) is 0 Å². The van der Waals surface area contributed by atoms with Crippen molar-refractivity contribution in [3.05, 3.63) is 29.8 Å². The summed E-state index contributed by atoms with van der Waals surface area (Å²) in [5, 5.41) is 3.40. The van der Waals surface area contributed by atoms with Crippen molar-refractivity contribution in [2.45, 2.75) is 46.7 Å². The lowest BCUT2D eigenvalue weighted by Crippen LogP contribution is -2.21. The van der Waals surface area contributed by atoms with Crippen LogP contribution in [0, 0.1) is 5.92 Å². The Morgan fingerprint density at radius 1 is 1.05 bits per heavy atom. The van der Waals surface area contributed by atoms with Crippen LogP contribution in [0.25, 0.3) is 0 Å². The Kier molecular flexibility index (Phi) is 8.31. The van der Waals surface area contributed by atoms with Gasteiger partial charge in [-0.15, -0.1) is 0 Å². The first-order chi connectivity index (χ1) is 9.58. The highest BCUT2D eigenvalue weighted by Gasteiger charge is 1.99. The molecule has 1 N–H and O–H groups in total. The van der Waals surface area contributed by atoms with Crippen LogP contribution in [-0.2, 0) is 11.3 Å². The number of benzene rings is 1. The standard InChI is InChI=1S/C17H29NO2/c1-14(2)8-9-19-10-11-20-17-7-5-6-16(12-17)13-18-15(3)4/h5-7,12,14-15,18H,8-11,13H2,1-4H3. The van der Waals surface area contributed by atoms with E-state index in [0.29, 0.717) is 25.2 Å². The van der Waals surface area contributed by atoms with Crippen LogP contribution in [0.2, 0.25) is 0 Å². The second kappa shape index (κ2) is 9.78. The van der Waals surface area contributed by atoms with E-state index < -0.39 is 0 Å². The van der Waals surface area contributed by atoms with E-state index in [0.717, 1.165) is 25.3 Å². The minimum Gasteiger partial charge on any atom is -0.491 e. The van der Waals surface area contributed by atoms with Crippen molar-refractivity contribution in [2.24, 2.45) is 5.92 Å². The molecule has 0 saturated carbocycles. The van der Waals surface area contributed by atoms with Crippen LogP contribution in [-0.4, -0.2) is 25.9 Å². The molecule has 114 valence electrons. The maximum absolute atomic E-state index is 5.71. The summed E-state index contributed by atoms with van der Waals surface area (Å²) in [6.45, 7) is 11.7. The number of hydrogen-bond acceptors (Lipinski definition) is 3. The van der Waals surface area contributed by atoms with Gasteiger partial charge < -0.3 is 14.8 Å². The van der Waals surface area contributed by atoms with Gasteiger partial charge in [0, 0.05) is 19.2 Å². The second-order valence-corrected chi connectivity index (χ2v) is 5.83. The predicted molar refractivity (Wildman–Crippen MR) is 84.2 cm³/mol. The van der Waals surface area contributed by atoms with Crippen molar-refractivity contribution in [1.29, 1.82) is 0 Å². The average molecular weight is 279 g/mol. The minimum absolute atomic E-state index is 0.494. The van der Waals surface area contributed by atoms with E-state index in [2.05, 4.69) is 45.1 Å². The molecule has 0 unspecified atom stereocenters. The molecule has 0 atom stereocenters. The molecule has 0 radical (unpaired) electrons. The number of ether oxygens (including phenoxy) is 2. The summed E-state index contributed by atoms with van der Waals surface area (Å²) in [6.07, 6.45) is 1.11. The second-order valence-electron chi connectivity index (χ2n) is 5.83. The van der Waals surface area contributed by atoms with Crippen molar-refractivity contribution >= 4 is 0 Å². The molecule has 0 aliphatic carbocycles. The van der Waals surface area contributed by atoms with Gasteiger partial charge in [0.25, 0.3) is 0 Å². The molecule has 0 aliphatic rings. The Morgan fingerprint density at radius 3 is 2.55 bits per heavy atom. The van der Waals surface area contributed by atoms with Gasteiger partial charge in [0.1, 0.15) is 12.4 Å². The molecular formula is C17H29NO2. The highest BCUT2D eigenvalue weighted by molar-refractivity contribution is 5.28. The normalized spacial score (nSPS) is 11.3. The topological polar surface area (TPSA) is 30.5 Å².